The van der Waals surface area contributed by atoms with Crippen LogP contribution in [0.4, 0.5) is 11.6 Å². The van der Waals surface area contributed by atoms with Crippen molar-refractivity contribution in [2.24, 2.45) is 0 Å². The Bertz CT molecular complexity index is 416. The van der Waals surface area contributed by atoms with Gasteiger partial charge in [-0.05, 0) is 12.8 Å². The zero-order valence-electron chi connectivity index (χ0n) is 11.8. The van der Waals surface area contributed by atoms with E-state index in [1.54, 1.807) is 0 Å². The molecule has 2 rings (SSSR count). The van der Waals surface area contributed by atoms with Crippen molar-refractivity contribution in [3.63, 3.8) is 0 Å². The van der Waals surface area contributed by atoms with E-state index in [0.717, 1.165) is 11.6 Å². The van der Waals surface area contributed by atoms with Gasteiger partial charge in [0.15, 0.2) is 0 Å². The zero-order valence-corrected chi connectivity index (χ0v) is 11.8. The Labute approximate surface area is 114 Å². The molecule has 1 aromatic rings. The minimum absolute atomic E-state index is 0.136. The first-order valence-corrected chi connectivity index (χ1v) is 7.13. The molecule has 1 saturated carbocycles. The maximum absolute atomic E-state index is 9.29. The summed E-state index contributed by atoms with van der Waals surface area (Å²) >= 11 is 0. The van der Waals surface area contributed by atoms with E-state index >= 15 is 0 Å². The fourth-order valence-electron chi connectivity index (χ4n) is 2.68. The van der Waals surface area contributed by atoms with Crippen LogP contribution in [0.2, 0.25) is 0 Å². The number of hydrogen-bond acceptors (Lipinski definition) is 5. The van der Waals surface area contributed by atoms with Gasteiger partial charge in [-0.2, -0.15) is 0 Å². The van der Waals surface area contributed by atoms with Gasteiger partial charge >= 0.3 is 0 Å². The van der Waals surface area contributed by atoms with Crippen molar-refractivity contribution in [3.05, 3.63) is 11.9 Å². The Morgan fingerprint density at radius 3 is 2.63 bits per heavy atom. The second-order valence-corrected chi connectivity index (χ2v) is 5.52. The van der Waals surface area contributed by atoms with E-state index in [9.17, 15) is 5.11 Å². The van der Waals surface area contributed by atoms with Crippen LogP contribution in [-0.4, -0.2) is 34.3 Å². The molecular formula is C14H24N4O. The molecule has 0 spiro atoms. The Morgan fingerprint density at radius 1 is 1.37 bits per heavy atom. The molecule has 1 aromatic heterocycles. The van der Waals surface area contributed by atoms with Gasteiger partial charge in [0.25, 0.3) is 0 Å². The van der Waals surface area contributed by atoms with E-state index < -0.39 is 0 Å². The summed E-state index contributed by atoms with van der Waals surface area (Å²) in [5, 5.41) is 9.29. The lowest BCUT2D eigenvalue weighted by Crippen LogP contribution is -2.36. The number of nitrogens with zero attached hydrogens (tertiary/aromatic N) is 3. The number of aliphatic hydroxyl groups is 1. The summed E-state index contributed by atoms with van der Waals surface area (Å²) in [6.45, 7) is 4.87. The second-order valence-electron chi connectivity index (χ2n) is 5.52. The molecule has 0 aromatic carbocycles. The van der Waals surface area contributed by atoms with E-state index in [0.29, 0.717) is 18.4 Å². The van der Waals surface area contributed by atoms with Gasteiger partial charge in [-0.1, -0.05) is 26.7 Å². The largest absolute Gasteiger partial charge is 0.395 e. The zero-order chi connectivity index (χ0) is 13.8. The standard InChI is InChI=1S/C14H24N4O/c1-10(2)14-16-12(15)9-13(17-14)18(7-8-19)11-5-3-4-6-11/h9-11,19H,3-8H2,1-2H3,(H2,15,16,17). The molecule has 0 aliphatic heterocycles. The third-order valence-electron chi connectivity index (χ3n) is 3.67. The minimum atomic E-state index is 0.136. The van der Waals surface area contributed by atoms with Gasteiger partial charge < -0.3 is 15.7 Å². The number of aliphatic hydroxyl groups excluding tert-OH is 1. The summed E-state index contributed by atoms with van der Waals surface area (Å²) < 4.78 is 0. The molecule has 3 N–H and O–H groups in total. The minimum Gasteiger partial charge on any atom is -0.395 e. The smallest absolute Gasteiger partial charge is 0.135 e. The molecule has 5 heteroatoms. The van der Waals surface area contributed by atoms with Gasteiger partial charge in [0.2, 0.25) is 0 Å². The highest BCUT2D eigenvalue weighted by molar-refractivity contribution is 5.48. The summed E-state index contributed by atoms with van der Waals surface area (Å²) in [7, 11) is 0. The second kappa shape index (κ2) is 6.19. The van der Waals surface area contributed by atoms with Crippen LogP contribution < -0.4 is 10.6 Å². The van der Waals surface area contributed by atoms with Crippen LogP contribution in [0.25, 0.3) is 0 Å². The van der Waals surface area contributed by atoms with Crippen molar-refractivity contribution in [1.82, 2.24) is 9.97 Å². The maximum atomic E-state index is 9.29. The van der Waals surface area contributed by atoms with E-state index in [4.69, 9.17) is 5.73 Å². The number of aromatic nitrogens is 2. The summed E-state index contributed by atoms with van der Waals surface area (Å²) in [5.74, 6) is 2.39. The highest BCUT2D eigenvalue weighted by Crippen LogP contribution is 2.28. The normalized spacial score (nSPS) is 16.2. The van der Waals surface area contributed by atoms with Crippen LogP contribution in [-0.2, 0) is 0 Å². The van der Waals surface area contributed by atoms with E-state index in [2.05, 4.69) is 28.7 Å². The Morgan fingerprint density at radius 2 is 2.05 bits per heavy atom. The predicted molar refractivity (Wildman–Crippen MR) is 77.2 cm³/mol. The van der Waals surface area contributed by atoms with Crippen molar-refractivity contribution in [2.75, 3.05) is 23.8 Å². The van der Waals surface area contributed by atoms with E-state index in [1.165, 1.54) is 25.7 Å². The van der Waals surface area contributed by atoms with E-state index in [-0.39, 0.29) is 12.5 Å². The molecule has 0 amide bonds. The highest BCUT2D eigenvalue weighted by atomic mass is 16.3. The molecule has 0 bridgehead atoms. The molecule has 19 heavy (non-hydrogen) atoms. The molecule has 0 unspecified atom stereocenters. The van der Waals surface area contributed by atoms with Crippen molar-refractivity contribution < 1.29 is 5.11 Å². The van der Waals surface area contributed by atoms with Crippen LogP contribution in [0.1, 0.15) is 51.3 Å². The third-order valence-corrected chi connectivity index (χ3v) is 3.67. The molecule has 106 valence electrons. The fourth-order valence-corrected chi connectivity index (χ4v) is 2.68. The van der Waals surface area contributed by atoms with Gasteiger partial charge in [0.05, 0.1) is 6.61 Å². The molecule has 0 saturated heterocycles. The van der Waals surface area contributed by atoms with Crippen molar-refractivity contribution in [3.8, 4) is 0 Å². The molecular weight excluding hydrogens is 240 g/mol. The topological polar surface area (TPSA) is 75.3 Å². The van der Waals surface area contributed by atoms with Crippen molar-refractivity contribution in [2.45, 2.75) is 51.5 Å². The summed E-state index contributed by atoms with van der Waals surface area (Å²) in [6.07, 6.45) is 4.84. The molecule has 5 nitrogen and oxygen atoms in total. The third kappa shape index (κ3) is 3.35. The lowest BCUT2D eigenvalue weighted by atomic mass is 10.2. The first-order valence-electron chi connectivity index (χ1n) is 7.13. The molecule has 1 fully saturated rings. The van der Waals surface area contributed by atoms with E-state index in [1.807, 2.05) is 6.07 Å². The first-order chi connectivity index (χ1) is 9.11. The summed E-state index contributed by atoms with van der Waals surface area (Å²) in [5.41, 5.74) is 5.89. The lowest BCUT2D eigenvalue weighted by molar-refractivity contribution is 0.296. The van der Waals surface area contributed by atoms with Gasteiger partial charge in [-0.3, -0.25) is 0 Å². The number of anilines is 2. The number of nitrogen functional groups attached to an aromatic ring is 1. The highest BCUT2D eigenvalue weighted by Gasteiger charge is 2.24. The number of nitrogens with two attached hydrogens (primary N) is 1. The quantitative estimate of drug-likeness (QED) is 0.850. The average Bonchev–Trinajstić information content (AvgIpc) is 2.88. The average molecular weight is 264 g/mol. The van der Waals surface area contributed by atoms with Gasteiger partial charge in [0, 0.05) is 24.6 Å². The first kappa shape index (κ1) is 14.1. The van der Waals surface area contributed by atoms with Crippen LogP contribution >= 0.6 is 0 Å². The van der Waals surface area contributed by atoms with Gasteiger partial charge in [-0.25, -0.2) is 9.97 Å². The van der Waals surface area contributed by atoms with Crippen molar-refractivity contribution >= 4 is 11.6 Å². The number of rotatable bonds is 5. The Balaban J connectivity index is 2.29. The molecule has 0 radical (unpaired) electrons. The van der Waals surface area contributed by atoms with Crippen LogP contribution in [0, 0.1) is 0 Å². The Hall–Kier alpha value is -1.36. The van der Waals surface area contributed by atoms with Crippen LogP contribution in [0.15, 0.2) is 6.07 Å². The Kier molecular flexibility index (Phi) is 4.58. The summed E-state index contributed by atoms with van der Waals surface area (Å²) in [6, 6.07) is 2.29. The lowest BCUT2D eigenvalue weighted by Gasteiger charge is -2.30. The van der Waals surface area contributed by atoms with Gasteiger partial charge in [-0.15, -0.1) is 0 Å². The SMILES string of the molecule is CC(C)c1nc(N)cc(N(CCO)C2CCCC2)n1. The van der Waals surface area contributed by atoms with Crippen molar-refractivity contribution in [1.29, 1.82) is 0 Å². The van der Waals surface area contributed by atoms with Gasteiger partial charge in [0.1, 0.15) is 17.5 Å². The molecule has 1 aliphatic rings. The maximum Gasteiger partial charge on any atom is 0.135 e. The monoisotopic (exact) mass is 264 g/mol. The molecule has 0 atom stereocenters. The number of hydrogen-bond donors (Lipinski definition) is 2. The molecule has 1 aliphatic carbocycles. The fraction of sp³-hybridized carbons (Fsp3) is 0.714. The molecule has 1 heterocycles. The van der Waals surface area contributed by atoms with Crippen LogP contribution in [0.5, 0.6) is 0 Å². The van der Waals surface area contributed by atoms with Crippen LogP contribution in [0.3, 0.4) is 0 Å². The summed E-state index contributed by atoms with van der Waals surface area (Å²) in [4.78, 5) is 11.1. The predicted octanol–water partition coefficient (Wildman–Crippen LogP) is 1.92.